The van der Waals surface area contributed by atoms with Crippen LogP contribution < -0.4 is 9.64 Å². The van der Waals surface area contributed by atoms with Gasteiger partial charge in [-0.3, -0.25) is 14.5 Å². The van der Waals surface area contributed by atoms with Crippen molar-refractivity contribution in [3.05, 3.63) is 106 Å². The first-order chi connectivity index (χ1) is 17.2. The Labute approximate surface area is 213 Å². The molecule has 1 atom stereocenters. The van der Waals surface area contributed by atoms with Gasteiger partial charge < -0.3 is 4.74 Å². The lowest BCUT2D eigenvalue weighted by Gasteiger charge is -2.43. The fraction of sp³-hybridized carbons (Fsp3) is 0.312. The lowest BCUT2D eigenvalue weighted by Crippen LogP contribution is -2.43. The molecule has 1 aliphatic carbocycles. The molecule has 1 aliphatic heterocycles. The van der Waals surface area contributed by atoms with Gasteiger partial charge in [0.25, 0.3) is 0 Å². The minimum atomic E-state index is -0.235. The summed E-state index contributed by atoms with van der Waals surface area (Å²) in [4.78, 5) is 29.0. The van der Waals surface area contributed by atoms with Crippen LogP contribution in [0.3, 0.4) is 0 Å². The number of hydrogen-bond donors (Lipinski definition) is 0. The molecule has 0 fully saturated rings. The number of rotatable bonds is 5. The minimum absolute atomic E-state index is 0.0404. The van der Waals surface area contributed by atoms with Gasteiger partial charge in [-0.1, -0.05) is 62.4 Å². The summed E-state index contributed by atoms with van der Waals surface area (Å²) in [6.45, 7) is 8.80. The van der Waals surface area contributed by atoms with Gasteiger partial charge in [0.15, 0.2) is 5.78 Å². The van der Waals surface area contributed by atoms with Crippen LogP contribution in [0.2, 0.25) is 0 Å². The Bertz CT molecular complexity index is 1320. The van der Waals surface area contributed by atoms with Crippen molar-refractivity contribution in [3.8, 4) is 5.75 Å². The van der Waals surface area contributed by atoms with Crippen molar-refractivity contribution in [2.24, 2.45) is 5.41 Å². The Morgan fingerprint density at radius 1 is 0.889 bits per heavy atom. The highest BCUT2D eigenvalue weighted by molar-refractivity contribution is 6.07. The number of carbonyl (C=O) groups is 2. The number of carbonyl (C=O) groups excluding carboxylic acids is 2. The lowest BCUT2D eigenvalue weighted by molar-refractivity contribution is -0.121. The maximum Gasteiger partial charge on any atom is 0.232 e. The monoisotopic (exact) mass is 479 g/mol. The molecular formula is C32H33NO3. The third-order valence-electron chi connectivity index (χ3n) is 7.14. The van der Waals surface area contributed by atoms with Gasteiger partial charge in [0, 0.05) is 35.7 Å². The van der Waals surface area contributed by atoms with Crippen LogP contribution in [0.4, 0.5) is 5.69 Å². The van der Waals surface area contributed by atoms with Crippen molar-refractivity contribution in [1.82, 2.24) is 0 Å². The molecule has 0 radical (unpaired) electrons. The topological polar surface area (TPSA) is 46.6 Å². The van der Waals surface area contributed by atoms with E-state index >= 15 is 0 Å². The first kappa shape index (κ1) is 24.1. The Hall–Kier alpha value is -3.66. The number of amides is 1. The Balaban J connectivity index is 1.49. The third-order valence-corrected chi connectivity index (χ3v) is 7.14. The van der Waals surface area contributed by atoms with Crippen LogP contribution in [-0.4, -0.2) is 11.7 Å². The van der Waals surface area contributed by atoms with Crippen molar-refractivity contribution in [1.29, 1.82) is 0 Å². The van der Waals surface area contributed by atoms with Crippen LogP contribution in [0.25, 0.3) is 0 Å². The second-order valence-corrected chi connectivity index (χ2v) is 11.0. The van der Waals surface area contributed by atoms with E-state index in [1.54, 1.807) is 0 Å². The molecule has 184 valence electrons. The van der Waals surface area contributed by atoms with E-state index in [0.29, 0.717) is 19.4 Å². The summed E-state index contributed by atoms with van der Waals surface area (Å²) < 4.78 is 5.95. The molecule has 5 rings (SSSR count). The van der Waals surface area contributed by atoms with Crippen LogP contribution in [0, 0.1) is 19.3 Å². The number of aryl methyl sites for hydroxylation is 2. The Morgan fingerprint density at radius 3 is 2.22 bits per heavy atom. The van der Waals surface area contributed by atoms with Gasteiger partial charge in [-0.25, -0.2) is 0 Å². The van der Waals surface area contributed by atoms with Gasteiger partial charge in [-0.2, -0.15) is 0 Å². The maximum absolute atomic E-state index is 13.7. The second kappa shape index (κ2) is 9.42. The van der Waals surface area contributed by atoms with Gasteiger partial charge in [-0.15, -0.1) is 0 Å². The van der Waals surface area contributed by atoms with Gasteiger partial charge in [0.2, 0.25) is 5.91 Å². The normalized spacial score (nSPS) is 19.3. The quantitative estimate of drug-likeness (QED) is 0.394. The number of nitrogens with zero attached hydrogens (tertiary/aromatic N) is 1. The number of ether oxygens (including phenoxy) is 1. The fourth-order valence-electron chi connectivity index (χ4n) is 5.62. The van der Waals surface area contributed by atoms with Crippen molar-refractivity contribution in [2.75, 3.05) is 4.90 Å². The van der Waals surface area contributed by atoms with Crippen molar-refractivity contribution >= 4 is 17.4 Å². The first-order valence-corrected chi connectivity index (χ1v) is 12.6. The Kier molecular flexibility index (Phi) is 6.29. The molecule has 4 heteroatoms. The van der Waals surface area contributed by atoms with Crippen LogP contribution in [0.15, 0.2) is 84.1 Å². The molecule has 3 aromatic rings. The summed E-state index contributed by atoms with van der Waals surface area (Å²) in [6.07, 6.45) is 1.47. The van der Waals surface area contributed by atoms with E-state index in [4.69, 9.17) is 4.74 Å². The van der Waals surface area contributed by atoms with Crippen LogP contribution in [0.1, 0.15) is 61.3 Å². The predicted molar refractivity (Wildman–Crippen MR) is 143 cm³/mol. The second-order valence-electron chi connectivity index (χ2n) is 11.0. The number of Topliss-reactive ketones (excluding diaryl/α,β-unsaturated/α-hetero) is 1. The summed E-state index contributed by atoms with van der Waals surface area (Å²) >= 11 is 0. The molecule has 1 heterocycles. The minimum Gasteiger partial charge on any atom is -0.489 e. The molecule has 0 aromatic heterocycles. The number of hydrogen-bond acceptors (Lipinski definition) is 3. The number of ketones is 1. The zero-order valence-electron chi connectivity index (χ0n) is 21.5. The maximum atomic E-state index is 13.7. The third kappa shape index (κ3) is 4.86. The SMILES string of the molecule is Cc1cc(C)cc(N2C(=O)CC(c3ccc(OCc4ccccc4)cc3)C3=C2CC(C)(C)CC3=O)c1. The highest BCUT2D eigenvalue weighted by Gasteiger charge is 2.44. The van der Waals surface area contributed by atoms with Crippen LogP contribution >= 0.6 is 0 Å². The van der Waals surface area contributed by atoms with Crippen molar-refractivity contribution in [2.45, 2.75) is 59.5 Å². The lowest BCUT2D eigenvalue weighted by atomic mass is 9.69. The van der Waals surface area contributed by atoms with Crippen LogP contribution in [-0.2, 0) is 16.2 Å². The molecule has 1 unspecified atom stereocenters. The summed E-state index contributed by atoms with van der Waals surface area (Å²) in [5.41, 5.74) is 6.64. The zero-order valence-corrected chi connectivity index (χ0v) is 21.5. The van der Waals surface area contributed by atoms with Gasteiger partial charge in [-0.05, 0) is 72.2 Å². The molecular weight excluding hydrogens is 446 g/mol. The average Bonchev–Trinajstić information content (AvgIpc) is 2.81. The predicted octanol–water partition coefficient (Wildman–Crippen LogP) is 7.05. The van der Waals surface area contributed by atoms with Crippen LogP contribution in [0.5, 0.6) is 5.75 Å². The number of benzene rings is 3. The zero-order chi connectivity index (χ0) is 25.4. The molecule has 3 aromatic carbocycles. The molecule has 1 amide bonds. The molecule has 36 heavy (non-hydrogen) atoms. The summed E-state index contributed by atoms with van der Waals surface area (Å²) in [5.74, 6) is 0.726. The van der Waals surface area contributed by atoms with E-state index in [1.165, 1.54) is 0 Å². The van der Waals surface area contributed by atoms with Crippen molar-refractivity contribution < 1.29 is 14.3 Å². The van der Waals surface area contributed by atoms with E-state index in [0.717, 1.165) is 45.0 Å². The summed E-state index contributed by atoms with van der Waals surface area (Å²) in [6, 6.07) is 24.1. The van der Waals surface area contributed by atoms with E-state index in [9.17, 15) is 9.59 Å². The van der Waals surface area contributed by atoms with E-state index in [2.05, 4.69) is 19.9 Å². The molecule has 2 aliphatic rings. The average molecular weight is 480 g/mol. The molecule has 0 bridgehead atoms. The molecule has 0 saturated heterocycles. The molecule has 0 saturated carbocycles. The van der Waals surface area contributed by atoms with Gasteiger partial charge >= 0.3 is 0 Å². The van der Waals surface area contributed by atoms with E-state index in [-0.39, 0.29) is 29.4 Å². The number of allylic oxidation sites excluding steroid dienone is 2. The highest BCUT2D eigenvalue weighted by Crippen LogP contribution is 2.48. The number of anilines is 1. The standard InChI is InChI=1S/C32H33NO3/c1-21-14-22(2)16-25(15-21)33-28-18-32(3,4)19-29(34)31(28)27(17-30(33)35)24-10-12-26(13-11-24)36-20-23-8-6-5-7-9-23/h5-16,27H,17-20H2,1-4H3. The molecule has 0 spiro atoms. The molecule has 0 N–H and O–H groups in total. The summed E-state index contributed by atoms with van der Waals surface area (Å²) in [7, 11) is 0. The van der Waals surface area contributed by atoms with E-state index in [1.807, 2.05) is 85.5 Å². The smallest absolute Gasteiger partial charge is 0.232 e. The van der Waals surface area contributed by atoms with Gasteiger partial charge in [0.05, 0.1) is 0 Å². The fourth-order valence-corrected chi connectivity index (χ4v) is 5.62. The summed E-state index contributed by atoms with van der Waals surface area (Å²) in [5, 5.41) is 0. The largest absolute Gasteiger partial charge is 0.489 e. The molecule has 4 nitrogen and oxygen atoms in total. The van der Waals surface area contributed by atoms with Gasteiger partial charge in [0.1, 0.15) is 12.4 Å². The first-order valence-electron chi connectivity index (χ1n) is 12.6. The van der Waals surface area contributed by atoms with E-state index < -0.39 is 0 Å². The highest BCUT2D eigenvalue weighted by atomic mass is 16.5. The van der Waals surface area contributed by atoms with Crippen molar-refractivity contribution in [3.63, 3.8) is 0 Å². The Morgan fingerprint density at radius 2 is 1.56 bits per heavy atom.